The van der Waals surface area contributed by atoms with Crippen LogP contribution in [0.25, 0.3) is 15.9 Å². The van der Waals surface area contributed by atoms with Crippen molar-refractivity contribution in [2.75, 3.05) is 12.0 Å². The lowest BCUT2D eigenvalue weighted by Crippen LogP contribution is -2.24. The Morgan fingerprint density at radius 1 is 1.21 bits per heavy atom. The summed E-state index contributed by atoms with van der Waals surface area (Å²) in [5.41, 5.74) is 6.97. The third-order valence-corrected chi connectivity index (χ3v) is 5.74. The van der Waals surface area contributed by atoms with E-state index in [1.165, 1.54) is 15.9 Å². The third-order valence-electron chi connectivity index (χ3n) is 3.74. The fraction of sp³-hybridized carbons (Fsp3) is 0.0667. The van der Waals surface area contributed by atoms with E-state index >= 15 is 0 Å². The molecule has 24 heavy (non-hydrogen) atoms. The van der Waals surface area contributed by atoms with E-state index in [0.717, 1.165) is 20.6 Å². The first-order chi connectivity index (χ1) is 11.5. The number of hydrogen-bond donors (Lipinski definition) is 2. The lowest BCUT2D eigenvalue weighted by Gasteiger charge is -2.11. The molecule has 1 aliphatic rings. The molecule has 1 aliphatic heterocycles. The average Bonchev–Trinajstić information content (AvgIpc) is 3.07. The molecule has 7 nitrogen and oxygen atoms in total. The number of carbonyl (C=O) groups is 2. The van der Waals surface area contributed by atoms with Crippen LogP contribution in [0.3, 0.4) is 0 Å². The van der Waals surface area contributed by atoms with Crippen molar-refractivity contribution in [1.82, 2.24) is 14.9 Å². The van der Waals surface area contributed by atoms with E-state index in [-0.39, 0.29) is 16.9 Å². The van der Waals surface area contributed by atoms with Crippen LogP contribution in [0.2, 0.25) is 0 Å². The summed E-state index contributed by atoms with van der Waals surface area (Å²) in [4.78, 5) is 40.5. The fourth-order valence-electron chi connectivity index (χ4n) is 2.66. The summed E-state index contributed by atoms with van der Waals surface area (Å²) in [5, 5.41) is 2.15. The number of fused-ring (bicyclic) bond motifs is 2. The molecule has 0 saturated heterocycles. The molecule has 9 heteroatoms. The summed E-state index contributed by atoms with van der Waals surface area (Å²) in [6, 6.07) is 6.44. The Hall–Kier alpha value is -2.65. The summed E-state index contributed by atoms with van der Waals surface area (Å²) in [5.74, 6) is -1.24. The van der Waals surface area contributed by atoms with E-state index < -0.39 is 17.4 Å². The second-order valence-corrected chi connectivity index (χ2v) is 7.20. The number of hydrogen-bond acceptors (Lipinski definition) is 7. The molecule has 3 aromatic rings. The fourth-order valence-corrected chi connectivity index (χ4v) is 4.19. The molecule has 2 amide bonds. The number of rotatable bonds is 2. The van der Waals surface area contributed by atoms with Crippen molar-refractivity contribution in [2.24, 2.45) is 0 Å². The maximum atomic E-state index is 12.4. The number of aromatic nitrogens is 2. The number of nitrogens with one attached hydrogen (secondary N) is 1. The first kappa shape index (κ1) is 14.9. The van der Waals surface area contributed by atoms with Crippen LogP contribution < -0.4 is 16.6 Å². The van der Waals surface area contributed by atoms with Gasteiger partial charge in [0.15, 0.2) is 4.34 Å². The van der Waals surface area contributed by atoms with Crippen LogP contribution in [0.5, 0.6) is 0 Å². The topological polar surface area (TPSA) is 107 Å². The van der Waals surface area contributed by atoms with Crippen molar-refractivity contribution in [3.05, 3.63) is 45.7 Å². The molecule has 120 valence electrons. The van der Waals surface area contributed by atoms with E-state index in [1.54, 1.807) is 30.0 Å². The first-order valence-electron chi connectivity index (χ1n) is 6.86. The molecule has 0 spiro atoms. The largest absolute Gasteiger partial charge is 0.384 e. The molecule has 3 heterocycles. The normalized spacial score (nSPS) is 13.4. The number of imide groups is 1. The van der Waals surface area contributed by atoms with Gasteiger partial charge in [-0.1, -0.05) is 11.8 Å². The summed E-state index contributed by atoms with van der Waals surface area (Å²) in [7, 11) is 0. The minimum atomic E-state index is -0.603. The van der Waals surface area contributed by atoms with Crippen LogP contribution in [-0.2, 0) is 0 Å². The van der Waals surface area contributed by atoms with Crippen molar-refractivity contribution < 1.29 is 9.59 Å². The number of nitrogen functional groups attached to an aromatic ring is 1. The van der Waals surface area contributed by atoms with Gasteiger partial charge in [-0.05, 0) is 24.5 Å². The smallest absolute Gasteiger partial charge is 0.262 e. The molecule has 0 bridgehead atoms. The molecule has 0 saturated carbocycles. The minimum Gasteiger partial charge on any atom is -0.384 e. The zero-order chi connectivity index (χ0) is 17.0. The molecule has 0 aliphatic carbocycles. The average molecular weight is 358 g/mol. The van der Waals surface area contributed by atoms with E-state index in [9.17, 15) is 14.4 Å². The number of nitrogens with zero attached hydrogens (tertiary/aromatic N) is 2. The Bertz CT molecular complexity index is 1100. The van der Waals surface area contributed by atoms with Gasteiger partial charge in [0, 0.05) is 6.07 Å². The number of amides is 2. The van der Waals surface area contributed by atoms with Gasteiger partial charge in [-0.25, -0.2) is 4.98 Å². The maximum Gasteiger partial charge on any atom is 0.262 e. The third kappa shape index (κ3) is 2.05. The van der Waals surface area contributed by atoms with Gasteiger partial charge in [0.05, 0.1) is 27.0 Å². The molecule has 0 unspecified atom stereocenters. The van der Waals surface area contributed by atoms with Gasteiger partial charge in [-0.3, -0.25) is 24.3 Å². The maximum absolute atomic E-state index is 12.4. The number of thiazole rings is 1. The highest BCUT2D eigenvalue weighted by Crippen LogP contribution is 2.30. The zero-order valence-electron chi connectivity index (χ0n) is 12.3. The predicted octanol–water partition coefficient (Wildman–Crippen LogP) is 1.63. The molecule has 0 atom stereocenters. The highest BCUT2D eigenvalue weighted by Gasteiger charge is 2.31. The molecule has 4 rings (SSSR count). The van der Waals surface area contributed by atoms with Crippen molar-refractivity contribution >= 4 is 50.9 Å². The Labute approximate surface area is 143 Å². The molecule has 1 aromatic carbocycles. The van der Waals surface area contributed by atoms with Gasteiger partial charge in [-0.15, -0.1) is 11.3 Å². The van der Waals surface area contributed by atoms with Gasteiger partial charge in [0.1, 0.15) is 5.82 Å². The number of thioether (sulfide) groups is 1. The molecular formula is C15H10N4O3S2. The number of pyridine rings is 1. The molecular weight excluding hydrogens is 348 g/mol. The Morgan fingerprint density at radius 2 is 2.00 bits per heavy atom. The zero-order valence-corrected chi connectivity index (χ0v) is 14.0. The second kappa shape index (κ2) is 5.18. The Kier molecular flexibility index (Phi) is 3.22. The van der Waals surface area contributed by atoms with Crippen LogP contribution in [-0.4, -0.2) is 27.6 Å². The summed E-state index contributed by atoms with van der Waals surface area (Å²) < 4.78 is 3.06. The van der Waals surface area contributed by atoms with Gasteiger partial charge in [-0.2, -0.15) is 0 Å². The number of nitrogens with two attached hydrogens (primary N) is 1. The quantitative estimate of drug-likeness (QED) is 0.533. The monoisotopic (exact) mass is 358 g/mol. The van der Waals surface area contributed by atoms with Crippen LogP contribution in [0.4, 0.5) is 5.82 Å². The first-order valence-corrected chi connectivity index (χ1v) is 8.90. The molecule has 2 aromatic heterocycles. The van der Waals surface area contributed by atoms with Gasteiger partial charge in [0.25, 0.3) is 17.4 Å². The van der Waals surface area contributed by atoms with Crippen molar-refractivity contribution in [3.63, 3.8) is 0 Å². The van der Waals surface area contributed by atoms with Crippen LogP contribution in [0.15, 0.2) is 33.4 Å². The van der Waals surface area contributed by atoms with E-state index in [4.69, 9.17) is 5.73 Å². The van der Waals surface area contributed by atoms with Crippen molar-refractivity contribution in [1.29, 1.82) is 0 Å². The highest BCUT2D eigenvalue weighted by atomic mass is 32.2. The standard InChI is InChI=1S/C15H10N4O3S2/c1-23-15-17-8-3-2-6(4-9(8)24-15)19-10(20)5-7-11(12(19)16)14(22)18-13(7)21/h2-5H,16H2,1H3,(H,18,21,22). The van der Waals surface area contributed by atoms with Crippen LogP contribution in [0.1, 0.15) is 20.7 Å². The van der Waals surface area contributed by atoms with Gasteiger partial charge < -0.3 is 5.73 Å². The van der Waals surface area contributed by atoms with Crippen molar-refractivity contribution in [3.8, 4) is 5.69 Å². The Morgan fingerprint density at radius 3 is 2.75 bits per heavy atom. The summed E-state index contributed by atoms with van der Waals surface area (Å²) in [6.07, 6.45) is 1.94. The molecule has 3 N–H and O–H groups in total. The summed E-state index contributed by atoms with van der Waals surface area (Å²) in [6.45, 7) is 0. The highest BCUT2D eigenvalue weighted by molar-refractivity contribution is 8.00. The number of anilines is 1. The van der Waals surface area contributed by atoms with Crippen LogP contribution in [0, 0.1) is 0 Å². The SMILES string of the molecule is CSc1nc2ccc(-n3c(N)c4c(cc3=O)C(=O)NC4=O)cc2s1. The lowest BCUT2D eigenvalue weighted by atomic mass is 10.1. The molecule has 0 radical (unpaired) electrons. The van der Waals surface area contributed by atoms with Gasteiger partial charge in [0.2, 0.25) is 0 Å². The summed E-state index contributed by atoms with van der Waals surface area (Å²) >= 11 is 3.05. The molecule has 0 fully saturated rings. The van der Waals surface area contributed by atoms with E-state index in [2.05, 4.69) is 10.3 Å². The predicted molar refractivity (Wildman–Crippen MR) is 93.2 cm³/mol. The van der Waals surface area contributed by atoms with E-state index in [1.807, 2.05) is 6.26 Å². The number of carbonyl (C=O) groups excluding carboxylic acids is 2. The van der Waals surface area contributed by atoms with Crippen molar-refractivity contribution in [2.45, 2.75) is 4.34 Å². The minimum absolute atomic E-state index is 0.0160. The lowest BCUT2D eigenvalue weighted by molar-refractivity contribution is 0.0880. The Balaban J connectivity index is 1.97. The van der Waals surface area contributed by atoms with Crippen LogP contribution >= 0.6 is 23.1 Å². The second-order valence-electron chi connectivity index (χ2n) is 5.11. The number of benzene rings is 1. The van der Waals surface area contributed by atoms with E-state index in [0.29, 0.717) is 5.69 Å². The van der Waals surface area contributed by atoms with Gasteiger partial charge >= 0.3 is 0 Å².